The number of esters is 1. The second kappa shape index (κ2) is 7.43. The number of para-hydroxylation sites is 1. The number of carbonyl (C=O) groups is 1. The normalized spacial score (nSPS) is 12.8. The molecule has 0 spiro atoms. The van der Waals surface area contributed by atoms with E-state index in [1.165, 1.54) is 0 Å². The van der Waals surface area contributed by atoms with Gasteiger partial charge >= 0.3 is 5.97 Å². The van der Waals surface area contributed by atoms with Gasteiger partial charge in [0.25, 0.3) is 0 Å². The van der Waals surface area contributed by atoms with Crippen molar-refractivity contribution in [3.8, 4) is 5.75 Å². The van der Waals surface area contributed by atoms with Gasteiger partial charge in [-0.25, -0.2) is 4.79 Å². The molecule has 2 aromatic carbocycles. The molecule has 1 aliphatic heterocycles. The molecule has 3 rings (SSSR count). The van der Waals surface area contributed by atoms with E-state index in [0.717, 1.165) is 40.2 Å². The largest absolute Gasteiger partial charge is 0.487 e. The van der Waals surface area contributed by atoms with Crippen LogP contribution in [0.25, 0.3) is 0 Å². The maximum atomic E-state index is 12.6. The smallest absolute Gasteiger partial charge is 0.338 e. The minimum atomic E-state index is -0.287. The molecular formula is C21H23NO3. The molecule has 4 heteroatoms. The zero-order valence-corrected chi connectivity index (χ0v) is 14.9. The fourth-order valence-electron chi connectivity index (χ4n) is 3.18. The van der Waals surface area contributed by atoms with Crippen LogP contribution in [0, 0.1) is 13.8 Å². The summed E-state index contributed by atoms with van der Waals surface area (Å²) in [6.07, 6.45) is 4.82. The van der Waals surface area contributed by atoms with Gasteiger partial charge in [0.1, 0.15) is 12.4 Å². The fraction of sp³-hybridized carbons (Fsp3) is 0.286. The first-order valence-corrected chi connectivity index (χ1v) is 8.56. The van der Waals surface area contributed by atoms with Crippen LogP contribution >= 0.6 is 0 Å². The third kappa shape index (κ3) is 3.38. The van der Waals surface area contributed by atoms with Gasteiger partial charge in [0.15, 0.2) is 0 Å². The second-order valence-corrected chi connectivity index (χ2v) is 6.01. The first-order chi connectivity index (χ1) is 12.1. The molecule has 0 unspecified atom stereocenters. The minimum Gasteiger partial charge on any atom is -0.487 e. The van der Waals surface area contributed by atoms with Crippen LogP contribution in [-0.4, -0.2) is 19.2 Å². The maximum absolute atomic E-state index is 12.6. The van der Waals surface area contributed by atoms with Gasteiger partial charge in [-0.05, 0) is 50.5 Å². The summed E-state index contributed by atoms with van der Waals surface area (Å²) in [5, 5.41) is 3.43. The molecule has 0 aliphatic carbocycles. The van der Waals surface area contributed by atoms with Gasteiger partial charge in [0, 0.05) is 11.3 Å². The molecule has 1 heterocycles. The predicted molar refractivity (Wildman–Crippen MR) is 99.9 cm³/mol. The zero-order chi connectivity index (χ0) is 17.8. The summed E-state index contributed by atoms with van der Waals surface area (Å²) in [6.45, 7) is 6.60. The predicted octanol–water partition coefficient (Wildman–Crippen LogP) is 4.71. The summed E-state index contributed by atoms with van der Waals surface area (Å²) in [5.74, 6) is 0.529. The van der Waals surface area contributed by atoms with Crippen LogP contribution in [0.4, 0.5) is 11.4 Å². The van der Waals surface area contributed by atoms with Gasteiger partial charge < -0.3 is 14.8 Å². The molecule has 4 nitrogen and oxygen atoms in total. The molecule has 1 N–H and O–H groups in total. The first-order valence-electron chi connectivity index (χ1n) is 8.56. The van der Waals surface area contributed by atoms with E-state index >= 15 is 0 Å². The molecular weight excluding hydrogens is 314 g/mol. The van der Waals surface area contributed by atoms with Crippen molar-refractivity contribution in [3.63, 3.8) is 0 Å². The summed E-state index contributed by atoms with van der Waals surface area (Å²) >= 11 is 0. The Bertz CT molecular complexity index is 810. The van der Waals surface area contributed by atoms with E-state index in [1.807, 2.05) is 57.2 Å². The third-order valence-corrected chi connectivity index (χ3v) is 4.41. The lowest BCUT2D eigenvalue weighted by atomic mass is 9.92. The van der Waals surface area contributed by atoms with Gasteiger partial charge in [0.2, 0.25) is 0 Å². The van der Waals surface area contributed by atoms with Crippen molar-refractivity contribution in [2.24, 2.45) is 0 Å². The Hall–Kier alpha value is -2.75. The van der Waals surface area contributed by atoms with Crippen molar-refractivity contribution in [2.75, 3.05) is 18.5 Å². The molecule has 0 saturated heterocycles. The van der Waals surface area contributed by atoms with E-state index in [-0.39, 0.29) is 5.97 Å². The maximum Gasteiger partial charge on any atom is 0.338 e. The molecule has 1 aliphatic rings. The van der Waals surface area contributed by atoms with Crippen molar-refractivity contribution in [3.05, 3.63) is 64.7 Å². The summed E-state index contributed by atoms with van der Waals surface area (Å²) in [7, 11) is 0. The van der Waals surface area contributed by atoms with Crippen molar-refractivity contribution in [1.82, 2.24) is 0 Å². The molecule has 0 aromatic heterocycles. The highest BCUT2D eigenvalue weighted by atomic mass is 16.5. The Balaban J connectivity index is 2.18. The van der Waals surface area contributed by atoms with E-state index in [2.05, 4.69) is 11.4 Å². The Morgan fingerprint density at radius 3 is 2.64 bits per heavy atom. The van der Waals surface area contributed by atoms with Crippen molar-refractivity contribution in [2.45, 2.75) is 27.2 Å². The van der Waals surface area contributed by atoms with E-state index in [4.69, 9.17) is 9.47 Å². The number of hydrogen-bond acceptors (Lipinski definition) is 4. The van der Waals surface area contributed by atoms with Gasteiger partial charge in [-0.15, -0.1) is 0 Å². The molecule has 0 saturated carbocycles. The molecule has 130 valence electrons. The SMILES string of the molecule is CCOC(=O)c1c(C)c2c(c(Nc3ccccc3)c1C)OCC=CC2. The zero-order valence-electron chi connectivity index (χ0n) is 14.9. The van der Waals surface area contributed by atoms with Gasteiger partial charge in [0.05, 0.1) is 17.9 Å². The minimum absolute atomic E-state index is 0.287. The fourth-order valence-corrected chi connectivity index (χ4v) is 3.18. The number of carbonyl (C=O) groups excluding carboxylic acids is 1. The first kappa shape index (κ1) is 17.1. The van der Waals surface area contributed by atoms with Crippen LogP contribution in [0.5, 0.6) is 5.75 Å². The van der Waals surface area contributed by atoms with Gasteiger partial charge in [-0.1, -0.05) is 30.4 Å². The Labute approximate surface area is 148 Å². The molecule has 0 fully saturated rings. The van der Waals surface area contributed by atoms with Crippen LogP contribution in [0.1, 0.15) is 34.0 Å². The van der Waals surface area contributed by atoms with Crippen LogP contribution in [0.2, 0.25) is 0 Å². The van der Waals surface area contributed by atoms with E-state index in [9.17, 15) is 4.79 Å². The lowest BCUT2D eigenvalue weighted by Crippen LogP contribution is -2.14. The van der Waals surface area contributed by atoms with Crippen molar-refractivity contribution in [1.29, 1.82) is 0 Å². The summed E-state index contributed by atoms with van der Waals surface area (Å²) < 4.78 is 11.3. The number of hydrogen-bond donors (Lipinski definition) is 1. The van der Waals surface area contributed by atoms with E-state index < -0.39 is 0 Å². The molecule has 0 bridgehead atoms. The Kier molecular flexibility index (Phi) is 5.08. The molecule has 0 atom stereocenters. The molecule has 25 heavy (non-hydrogen) atoms. The summed E-state index contributed by atoms with van der Waals surface area (Å²) in [4.78, 5) is 12.6. The van der Waals surface area contributed by atoms with Gasteiger partial charge in [-0.2, -0.15) is 0 Å². The quantitative estimate of drug-likeness (QED) is 0.648. The number of ether oxygens (including phenoxy) is 2. The van der Waals surface area contributed by atoms with E-state index in [1.54, 1.807) is 0 Å². The highest BCUT2D eigenvalue weighted by Gasteiger charge is 2.25. The van der Waals surface area contributed by atoms with Crippen LogP contribution in [0.3, 0.4) is 0 Å². The monoisotopic (exact) mass is 337 g/mol. The molecule has 0 amide bonds. The number of rotatable bonds is 4. The summed E-state index contributed by atoms with van der Waals surface area (Å²) in [5.41, 5.74) is 5.21. The average Bonchev–Trinajstić information content (AvgIpc) is 2.86. The number of nitrogens with one attached hydrogen (secondary N) is 1. The third-order valence-electron chi connectivity index (χ3n) is 4.41. The number of benzene rings is 2. The lowest BCUT2D eigenvalue weighted by Gasteiger charge is -2.22. The van der Waals surface area contributed by atoms with Crippen LogP contribution in [0.15, 0.2) is 42.5 Å². The second-order valence-electron chi connectivity index (χ2n) is 6.01. The Morgan fingerprint density at radius 1 is 1.16 bits per heavy atom. The average molecular weight is 337 g/mol. The van der Waals surface area contributed by atoms with Crippen molar-refractivity contribution < 1.29 is 14.3 Å². The van der Waals surface area contributed by atoms with E-state index in [0.29, 0.717) is 18.8 Å². The number of allylic oxidation sites excluding steroid dienone is 1. The summed E-state index contributed by atoms with van der Waals surface area (Å²) in [6, 6.07) is 9.89. The van der Waals surface area contributed by atoms with Crippen LogP contribution in [-0.2, 0) is 11.2 Å². The molecule has 2 aromatic rings. The van der Waals surface area contributed by atoms with Crippen LogP contribution < -0.4 is 10.1 Å². The van der Waals surface area contributed by atoms with Gasteiger partial charge in [-0.3, -0.25) is 0 Å². The lowest BCUT2D eigenvalue weighted by molar-refractivity contribution is 0.0524. The number of anilines is 2. The highest BCUT2D eigenvalue weighted by Crippen LogP contribution is 2.41. The Morgan fingerprint density at radius 2 is 1.92 bits per heavy atom. The number of fused-ring (bicyclic) bond motifs is 1. The molecule has 0 radical (unpaired) electrons. The van der Waals surface area contributed by atoms with Crippen molar-refractivity contribution >= 4 is 17.3 Å². The topological polar surface area (TPSA) is 47.6 Å². The highest BCUT2D eigenvalue weighted by molar-refractivity contribution is 5.97. The standard InChI is InChI=1S/C21H23NO3/c1-4-24-21(23)18-14(2)17-12-8-9-13-25-20(17)19(15(18)3)22-16-10-6-5-7-11-16/h5-11,22H,4,12-13H2,1-3H3.